The fraction of sp³-hybridized carbons (Fsp3) is 0.222. The zero-order valence-corrected chi connectivity index (χ0v) is 13.5. The number of amides is 1. The molecule has 0 bridgehead atoms. The third-order valence-corrected chi connectivity index (χ3v) is 3.60. The zero-order valence-electron chi connectivity index (χ0n) is 13.5. The maximum absolute atomic E-state index is 13.5. The van der Waals surface area contributed by atoms with E-state index in [0.717, 1.165) is 0 Å². The predicted molar refractivity (Wildman–Crippen MR) is 89.0 cm³/mol. The summed E-state index contributed by atoms with van der Waals surface area (Å²) in [6, 6.07) is 11.9. The summed E-state index contributed by atoms with van der Waals surface area (Å²) in [4.78, 5) is 20.2. The van der Waals surface area contributed by atoms with Crippen molar-refractivity contribution in [2.45, 2.75) is 19.3 Å². The van der Waals surface area contributed by atoms with Crippen LogP contribution in [0.1, 0.15) is 17.9 Å². The van der Waals surface area contributed by atoms with E-state index in [2.05, 4.69) is 20.4 Å². The van der Waals surface area contributed by atoms with Crippen LogP contribution in [0.3, 0.4) is 0 Å². The Labute approximate surface area is 144 Å². The topological polar surface area (TPSA) is 80.9 Å². The second-order valence-electron chi connectivity index (χ2n) is 5.42. The van der Waals surface area contributed by atoms with Gasteiger partial charge in [0, 0.05) is 25.6 Å². The molecular formula is C18H17FN4O2. The molecule has 0 unspecified atom stereocenters. The third kappa shape index (κ3) is 4.69. The lowest BCUT2D eigenvalue weighted by molar-refractivity contribution is -0.121. The second kappa shape index (κ2) is 8.14. The van der Waals surface area contributed by atoms with Gasteiger partial charge in [-0.3, -0.25) is 9.78 Å². The first kappa shape index (κ1) is 16.8. The van der Waals surface area contributed by atoms with E-state index in [1.54, 1.807) is 36.5 Å². The minimum absolute atomic E-state index is 0.145. The van der Waals surface area contributed by atoms with E-state index in [-0.39, 0.29) is 18.1 Å². The first-order chi connectivity index (χ1) is 12.2. The van der Waals surface area contributed by atoms with Gasteiger partial charge in [-0.05, 0) is 30.2 Å². The van der Waals surface area contributed by atoms with E-state index in [1.807, 2.05) is 6.07 Å². The molecule has 0 aliphatic carbocycles. The van der Waals surface area contributed by atoms with Gasteiger partial charge in [0.15, 0.2) is 0 Å². The molecule has 0 aliphatic rings. The minimum atomic E-state index is -0.260. The number of hydrogen-bond donors (Lipinski definition) is 1. The molecule has 1 amide bonds. The third-order valence-electron chi connectivity index (χ3n) is 3.60. The van der Waals surface area contributed by atoms with E-state index in [0.29, 0.717) is 42.4 Å². The van der Waals surface area contributed by atoms with Crippen molar-refractivity contribution in [3.63, 3.8) is 0 Å². The first-order valence-corrected chi connectivity index (χ1v) is 7.96. The fourth-order valence-electron chi connectivity index (χ4n) is 2.30. The van der Waals surface area contributed by atoms with Crippen molar-refractivity contribution >= 4 is 5.91 Å². The van der Waals surface area contributed by atoms with Crippen LogP contribution in [0, 0.1) is 5.82 Å². The van der Waals surface area contributed by atoms with Gasteiger partial charge in [0.1, 0.15) is 11.5 Å². The van der Waals surface area contributed by atoms with Crippen molar-refractivity contribution in [3.05, 3.63) is 65.9 Å². The summed E-state index contributed by atoms with van der Waals surface area (Å²) < 4.78 is 18.6. The standard InChI is InChI=1S/C18H17FN4O2/c19-14-6-2-1-5-13(14)10-12-21-16(24)8-9-17-22-18(23-25-17)15-7-3-4-11-20-15/h1-7,11H,8-10,12H2,(H,21,24). The number of carbonyl (C=O) groups excluding carboxylic acids is 1. The van der Waals surface area contributed by atoms with Crippen molar-refractivity contribution < 1.29 is 13.7 Å². The van der Waals surface area contributed by atoms with Gasteiger partial charge in [-0.2, -0.15) is 4.98 Å². The highest BCUT2D eigenvalue weighted by atomic mass is 19.1. The molecule has 7 heteroatoms. The zero-order chi connectivity index (χ0) is 17.5. The molecule has 2 heterocycles. The van der Waals surface area contributed by atoms with Crippen molar-refractivity contribution in [1.29, 1.82) is 0 Å². The van der Waals surface area contributed by atoms with Gasteiger partial charge in [-0.25, -0.2) is 4.39 Å². The molecule has 2 aromatic heterocycles. The summed E-state index contributed by atoms with van der Waals surface area (Å²) >= 11 is 0. The van der Waals surface area contributed by atoms with Gasteiger partial charge in [0.25, 0.3) is 0 Å². The molecule has 128 valence electrons. The van der Waals surface area contributed by atoms with Gasteiger partial charge in [-0.1, -0.05) is 29.4 Å². The molecule has 0 aliphatic heterocycles. The number of nitrogens with zero attached hydrogens (tertiary/aromatic N) is 3. The SMILES string of the molecule is O=C(CCc1nc(-c2ccccn2)no1)NCCc1ccccc1F. The number of rotatable bonds is 7. The molecule has 0 saturated heterocycles. The van der Waals surface area contributed by atoms with E-state index in [1.165, 1.54) is 6.07 Å². The molecule has 0 spiro atoms. The van der Waals surface area contributed by atoms with E-state index in [9.17, 15) is 9.18 Å². The molecule has 1 aromatic carbocycles. The summed E-state index contributed by atoms with van der Waals surface area (Å²) in [5.41, 5.74) is 1.20. The minimum Gasteiger partial charge on any atom is -0.356 e. The van der Waals surface area contributed by atoms with Crippen molar-refractivity contribution in [3.8, 4) is 11.5 Å². The van der Waals surface area contributed by atoms with Crippen LogP contribution in [0.25, 0.3) is 11.5 Å². The van der Waals surface area contributed by atoms with Gasteiger partial charge in [0.2, 0.25) is 17.6 Å². The van der Waals surface area contributed by atoms with E-state index in [4.69, 9.17) is 4.52 Å². The summed E-state index contributed by atoms with van der Waals surface area (Å²) in [6.07, 6.45) is 2.66. The quantitative estimate of drug-likeness (QED) is 0.715. The molecule has 1 N–H and O–H groups in total. The Kier molecular flexibility index (Phi) is 5.46. The highest BCUT2D eigenvalue weighted by Crippen LogP contribution is 2.12. The summed E-state index contributed by atoms with van der Waals surface area (Å²) in [5, 5.41) is 6.61. The fourth-order valence-corrected chi connectivity index (χ4v) is 2.30. The number of aromatic nitrogens is 3. The maximum atomic E-state index is 13.5. The van der Waals surface area contributed by atoms with Crippen molar-refractivity contribution in [1.82, 2.24) is 20.4 Å². The molecule has 0 atom stereocenters. The largest absolute Gasteiger partial charge is 0.356 e. The number of hydrogen-bond acceptors (Lipinski definition) is 5. The van der Waals surface area contributed by atoms with Crippen LogP contribution in [-0.2, 0) is 17.6 Å². The van der Waals surface area contributed by atoms with Gasteiger partial charge in [0.05, 0.1) is 0 Å². The average molecular weight is 340 g/mol. The normalized spacial score (nSPS) is 10.6. The Balaban J connectivity index is 1.44. The molecule has 0 fully saturated rings. The summed E-state index contributed by atoms with van der Waals surface area (Å²) in [6.45, 7) is 0.378. The van der Waals surface area contributed by atoms with Crippen LogP contribution >= 0.6 is 0 Å². The molecule has 25 heavy (non-hydrogen) atoms. The monoisotopic (exact) mass is 340 g/mol. The van der Waals surface area contributed by atoms with Crippen LogP contribution in [0.2, 0.25) is 0 Å². The van der Waals surface area contributed by atoms with E-state index < -0.39 is 0 Å². The van der Waals surface area contributed by atoms with Gasteiger partial charge in [-0.15, -0.1) is 0 Å². The van der Waals surface area contributed by atoms with Gasteiger partial charge >= 0.3 is 0 Å². The lowest BCUT2D eigenvalue weighted by atomic mass is 10.1. The lowest BCUT2D eigenvalue weighted by Gasteiger charge is -2.05. The molecule has 3 rings (SSSR count). The number of halogens is 1. The van der Waals surface area contributed by atoms with Crippen LogP contribution in [0.4, 0.5) is 4.39 Å². The Morgan fingerprint density at radius 2 is 1.96 bits per heavy atom. The highest BCUT2D eigenvalue weighted by molar-refractivity contribution is 5.76. The number of nitrogens with one attached hydrogen (secondary N) is 1. The Morgan fingerprint density at radius 3 is 2.76 bits per heavy atom. The van der Waals surface area contributed by atoms with E-state index >= 15 is 0 Å². The molecular weight excluding hydrogens is 323 g/mol. The predicted octanol–water partition coefficient (Wildman–Crippen LogP) is 2.56. The highest BCUT2D eigenvalue weighted by Gasteiger charge is 2.11. The number of pyridine rings is 1. The first-order valence-electron chi connectivity index (χ1n) is 7.96. The molecule has 0 radical (unpaired) electrons. The molecule has 3 aromatic rings. The van der Waals surface area contributed by atoms with Crippen LogP contribution in [-0.4, -0.2) is 27.6 Å². The smallest absolute Gasteiger partial charge is 0.227 e. The van der Waals surface area contributed by atoms with Crippen LogP contribution < -0.4 is 5.32 Å². The number of benzene rings is 1. The van der Waals surface area contributed by atoms with Crippen LogP contribution in [0.15, 0.2) is 53.2 Å². The summed E-state index contributed by atoms with van der Waals surface area (Å²) in [5.74, 6) is 0.374. The second-order valence-corrected chi connectivity index (χ2v) is 5.42. The maximum Gasteiger partial charge on any atom is 0.227 e. The Hall–Kier alpha value is -3.09. The summed E-state index contributed by atoms with van der Waals surface area (Å²) in [7, 11) is 0. The van der Waals surface area contributed by atoms with Crippen LogP contribution in [0.5, 0.6) is 0 Å². The Morgan fingerprint density at radius 1 is 1.12 bits per heavy atom. The average Bonchev–Trinajstić information content (AvgIpc) is 3.11. The van der Waals surface area contributed by atoms with Gasteiger partial charge < -0.3 is 9.84 Å². The lowest BCUT2D eigenvalue weighted by Crippen LogP contribution is -2.26. The van der Waals surface area contributed by atoms with Crippen molar-refractivity contribution in [2.75, 3.05) is 6.54 Å². The number of aryl methyl sites for hydroxylation is 1. The molecule has 6 nitrogen and oxygen atoms in total. The molecule has 0 saturated carbocycles. The van der Waals surface area contributed by atoms with Crippen molar-refractivity contribution in [2.24, 2.45) is 0 Å². The Bertz CT molecular complexity index is 836. The number of carbonyl (C=O) groups is 1.